The Morgan fingerprint density at radius 1 is 1.18 bits per heavy atom. The predicted octanol–water partition coefficient (Wildman–Crippen LogP) is 5.23. The summed E-state index contributed by atoms with van der Waals surface area (Å²) in [5.41, 5.74) is 9.10. The summed E-state index contributed by atoms with van der Waals surface area (Å²) in [6, 6.07) is 8.42. The summed E-state index contributed by atoms with van der Waals surface area (Å²) in [6.07, 6.45) is 8.00. The van der Waals surface area contributed by atoms with E-state index in [1.54, 1.807) is 10.7 Å². The third kappa shape index (κ3) is 5.33. The molecule has 3 aromatic rings. The normalized spacial score (nSPS) is 18.1. The van der Waals surface area contributed by atoms with Gasteiger partial charge in [0.2, 0.25) is 0 Å². The lowest BCUT2D eigenvalue weighted by Gasteiger charge is -2.28. The second kappa shape index (κ2) is 10.9. The number of nitrogens with two attached hydrogens (primary N) is 1. The Balaban J connectivity index is 1.71. The van der Waals surface area contributed by atoms with Gasteiger partial charge < -0.3 is 21.1 Å². The quantitative estimate of drug-likeness (QED) is 0.353. The first-order chi connectivity index (χ1) is 16.5. The monoisotopic (exact) mass is 464 g/mol. The number of carbonyl (C=O) groups excluding carboxylic acids is 1. The van der Waals surface area contributed by atoms with Crippen LogP contribution in [0.4, 0.5) is 17.3 Å². The SMILES string of the molecule is CCCCC(=O)c1cnn2c(Nc3ccc(OCC)cc3)c(C)c(NC3CCC(N)CC3)nc12. The van der Waals surface area contributed by atoms with E-state index in [-0.39, 0.29) is 11.8 Å². The van der Waals surface area contributed by atoms with Crippen LogP contribution in [-0.2, 0) is 0 Å². The van der Waals surface area contributed by atoms with Crippen LogP contribution < -0.4 is 21.1 Å². The number of hydrogen-bond acceptors (Lipinski definition) is 7. The fourth-order valence-electron chi connectivity index (χ4n) is 4.42. The van der Waals surface area contributed by atoms with Gasteiger partial charge in [0.1, 0.15) is 17.4 Å². The molecule has 1 aliphatic carbocycles. The third-order valence-electron chi connectivity index (χ3n) is 6.48. The number of carbonyl (C=O) groups is 1. The number of ketones is 1. The van der Waals surface area contributed by atoms with E-state index in [0.29, 0.717) is 30.3 Å². The van der Waals surface area contributed by atoms with Crippen molar-refractivity contribution in [3.63, 3.8) is 0 Å². The van der Waals surface area contributed by atoms with Crippen molar-refractivity contribution in [2.45, 2.75) is 77.8 Å². The third-order valence-corrected chi connectivity index (χ3v) is 6.48. The maximum Gasteiger partial charge on any atom is 0.170 e. The molecule has 4 rings (SSSR count). The number of unbranched alkanes of at least 4 members (excludes halogenated alkanes) is 1. The fourth-order valence-corrected chi connectivity index (χ4v) is 4.42. The van der Waals surface area contributed by atoms with Gasteiger partial charge in [0, 0.05) is 29.8 Å². The second-order valence-electron chi connectivity index (χ2n) is 9.09. The molecule has 1 saturated carbocycles. The van der Waals surface area contributed by atoms with E-state index in [0.717, 1.165) is 67.2 Å². The molecule has 1 aromatic carbocycles. The summed E-state index contributed by atoms with van der Waals surface area (Å²) in [7, 11) is 0. The molecule has 182 valence electrons. The van der Waals surface area contributed by atoms with Crippen LogP contribution in [0.5, 0.6) is 5.75 Å². The molecule has 0 bridgehead atoms. The molecule has 0 saturated heterocycles. The van der Waals surface area contributed by atoms with E-state index in [1.165, 1.54) is 0 Å². The molecule has 0 amide bonds. The summed E-state index contributed by atoms with van der Waals surface area (Å²) in [5.74, 6) is 2.48. The number of benzene rings is 1. The van der Waals surface area contributed by atoms with E-state index < -0.39 is 0 Å². The predicted molar refractivity (Wildman–Crippen MR) is 136 cm³/mol. The lowest BCUT2D eigenvalue weighted by Crippen LogP contribution is -2.33. The summed E-state index contributed by atoms with van der Waals surface area (Å²) in [6.45, 7) is 6.71. The minimum absolute atomic E-state index is 0.0785. The molecule has 2 heterocycles. The molecule has 0 aliphatic heterocycles. The first-order valence-electron chi connectivity index (χ1n) is 12.4. The number of anilines is 3. The van der Waals surface area contributed by atoms with Crippen molar-refractivity contribution in [3.8, 4) is 5.75 Å². The number of Topliss-reactive ketones (excluding diaryl/α,β-unsaturated/α-hetero) is 1. The van der Waals surface area contributed by atoms with Gasteiger partial charge in [-0.15, -0.1) is 0 Å². The van der Waals surface area contributed by atoms with Crippen LogP contribution in [0.2, 0.25) is 0 Å². The smallest absolute Gasteiger partial charge is 0.170 e. The van der Waals surface area contributed by atoms with Gasteiger partial charge in [0.05, 0.1) is 18.4 Å². The van der Waals surface area contributed by atoms with E-state index >= 15 is 0 Å². The Labute approximate surface area is 201 Å². The Hall–Kier alpha value is -3.13. The molecule has 0 radical (unpaired) electrons. The van der Waals surface area contributed by atoms with Gasteiger partial charge >= 0.3 is 0 Å². The van der Waals surface area contributed by atoms with E-state index in [2.05, 4.69) is 22.7 Å². The van der Waals surface area contributed by atoms with Crippen molar-refractivity contribution < 1.29 is 9.53 Å². The number of nitrogens with one attached hydrogen (secondary N) is 2. The molecule has 2 aromatic heterocycles. The van der Waals surface area contributed by atoms with Crippen molar-refractivity contribution in [2.24, 2.45) is 5.73 Å². The van der Waals surface area contributed by atoms with Crippen molar-refractivity contribution in [1.29, 1.82) is 0 Å². The lowest BCUT2D eigenvalue weighted by molar-refractivity contribution is 0.0981. The van der Waals surface area contributed by atoms with Crippen LogP contribution in [0, 0.1) is 6.92 Å². The number of fused-ring (bicyclic) bond motifs is 1. The summed E-state index contributed by atoms with van der Waals surface area (Å²) >= 11 is 0. The fraction of sp³-hybridized carbons (Fsp3) is 0.500. The van der Waals surface area contributed by atoms with Crippen molar-refractivity contribution in [3.05, 3.63) is 41.6 Å². The van der Waals surface area contributed by atoms with Gasteiger partial charge in [-0.1, -0.05) is 13.3 Å². The first-order valence-corrected chi connectivity index (χ1v) is 12.4. The van der Waals surface area contributed by atoms with Crippen LogP contribution in [0.3, 0.4) is 0 Å². The Morgan fingerprint density at radius 3 is 2.59 bits per heavy atom. The zero-order valence-electron chi connectivity index (χ0n) is 20.4. The van der Waals surface area contributed by atoms with Gasteiger partial charge in [-0.05, 0) is 70.2 Å². The maximum atomic E-state index is 12.9. The highest BCUT2D eigenvalue weighted by molar-refractivity contribution is 6.01. The molecule has 8 heteroatoms. The molecule has 34 heavy (non-hydrogen) atoms. The van der Waals surface area contributed by atoms with Gasteiger partial charge in [0.25, 0.3) is 0 Å². The summed E-state index contributed by atoms with van der Waals surface area (Å²) in [4.78, 5) is 17.8. The molecule has 0 spiro atoms. The summed E-state index contributed by atoms with van der Waals surface area (Å²) in [5, 5.41) is 11.7. The Kier molecular flexibility index (Phi) is 7.67. The number of hydrogen-bond donors (Lipinski definition) is 3. The van der Waals surface area contributed by atoms with Gasteiger partial charge in [-0.3, -0.25) is 4.79 Å². The maximum absolute atomic E-state index is 12.9. The first kappa shape index (κ1) is 24.0. The molecule has 4 N–H and O–H groups in total. The second-order valence-corrected chi connectivity index (χ2v) is 9.09. The molecule has 1 fully saturated rings. The number of nitrogens with zero attached hydrogens (tertiary/aromatic N) is 3. The molecule has 8 nitrogen and oxygen atoms in total. The van der Waals surface area contributed by atoms with Crippen molar-refractivity contribution >= 4 is 28.8 Å². The lowest BCUT2D eigenvalue weighted by atomic mass is 9.92. The standard InChI is InChI=1S/C26H36N6O2/c1-4-6-7-23(33)22-16-28-32-25(30-20-12-14-21(15-13-20)34-5-2)17(3)24(31-26(22)32)29-19-10-8-18(27)9-11-19/h12-16,18-19,30H,4-11,27H2,1-3H3,(H,29,31). The Morgan fingerprint density at radius 2 is 1.91 bits per heavy atom. The average Bonchev–Trinajstić information content (AvgIpc) is 3.26. The minimum atomic E-state index is 0.0785. The minimum Gasteiger partial charge on any atom is -0.494 e. The molecule has 0 atom stereocenters. The van der Waals surface area contributed by atoms with Gasteiger partial charge in [-0.2, -0.15) is 9.61 Å². The molecular weight excluding hydrogens is 428 g/mol. The zero-order chi connectivity index (χ0) is 24.1. The summed E-state index contributed by atoms with van der Waals surface area (Å²) < 4.78 is 7.31. The van der Waals surface area contributed by atoms with Crippen LogP contribution in [0.15, 0.2) is 30.5 Å². The molecule has 1 aliphatic rings. The van der Waals surface area contributed by atoms with E-state index in [4.69, 9.17) is 15.5 Å². The van der Waals surface area contributed by atoms with Gasteiger partial charge in [0.15, 0.2) is 11.4 Å². The van der Waals surface area contributed by atoms with Crippen molar-refractivity contribution in [1.82, 2.24) is 14.6 Å². The average molecular weight is 465 g/mol. The van der Waals surface area contributed by atoms with Crippen molar-refractivity contribution in [2.75, 3.05) is 17.2 Å². The molecule has 0 unspecified atom stereocenters. The van der Waals surface area contributed by atoms with Crippen LogP contribution in [0.25, 0.3) is 5.65 Å². The van der Waals surface area contributed by atoms with Crippen LogP contribution in [0.1, 0.15) is 74.7 Å². The largest absolute Gasteiger partial charge is 0.494 e. The highest BCUT2D eigenvalue weighted by atomic mass is 16.5. The van der Waals surface area contributed by atoms with E-state index in [9.17, 15) is 4.79 Å². The zero-order valence-corrected chi connectivity index (χ0v) is 20.4. The Bertz CT molecular complexity index is 1120. The number of ether oxygens (including phenoxy) is 1. The highest BCUT2D eigenvalue weighted by Gasteiger charge is 2.23. The number of aromatic nitrogens is 3. The van der Waals surface area contributed by atoms with Crippen LogP contribution in [-0.4, -0.2) is 39.1 Å². The molecular formula is C26H36N6O2. The topological polar surface area (TPSA) is 107 Å². The van der Waals surface area contributed by atoms with E-state index in [1.807, 2.05) is 38.1 Å². The van der Waals surface area contributed by atoms with Crippen LogP contribution >= 0.6 is 0 Å². The number of rotatable bonds is 10. The van der Waals surface area contributed by atoms with Gasteiger partial charge in [-0.25, -0.2) is 4.98 Å². The highest BCUT2D eigenvalue weighted by Crippen LogP contribution is 2.31.